The fraction of sp³-hybridized carbons (Fsp3) is 0.654. The Labute approximate surface area is 178 Å². The zero-order valence-electron chi connectivity index (χ0n) is 18.8. The van der Waals surface area contributed by atoms with Crippen LogP contribution in [0.5, 0.6) is 11.5 Å². The second kappa shape index (κ2) is 17.1. The summed E-state index contributed by atoms with van der Waals surface area (Å²) in [4.78, 5) is 11.6. The molecule has 0 bridgehead atoms. The van der Waals surface area contributed by atoms with Gasteiger partial charge in [0, 0.05) is 11.6 Å². The Hall–Kier alpha value is -1.77. The summed E-state index contributed by atoms with van der Waals surface area (Å²) in [5, 5.41) is 0. The van der Waals surface area contributed by atoms with Crippen LogP contribution in [-0.4, -0.2) is 12.6 Å². The van der Waals surface area contributed by atoms with Gasteiger partial charge < -0.3 is 9.47 Å². The molecule has 0 heterocycles. The molecule has 0 spiro atoms. The predicted molar refractivity (Wildman–Crippen MR) is 123 cm³/mol. The van der Waals surface area contributed by atoms with Crippen molar-refractivity contribution in [2.45, 2.75) is 104 Å². The number of unbranched alkanes of at least 4 members (excludes halogenated alkanes) is 13. The van der Waals surface area contributed by atoms with Gasteiger partial charge in [0.05, 0.1) is 6.61 Å². The first-order valence-electron chi connectivity index (χ1n) is 11.7. The first-order chi connectivity index (χ1) is 14.1. The highest BCUT2D eigenvalue weighted by atomic mass is 16.5. The number of rotatable bonds is 18. The van der Waals surface area contributed by atoms with Crippen LogP contribution in [0.3, 0.4) is 0 Å². The van der Waals surface area contributed by atoms with E-state index >= 15 is 0 Å². The van der Waals surface area contributed by atoms with E-state index in [1.165, 1.54) is 83.5 Å². The van der Waals surface area contributed by atoms with Gasteiger partial charge in [0.2, 0.25) is 0 Å². The van der Waals surface area contributed by atoms with Gasteiger partial charge in [-0.3, -0.25) is 0 Å². The fourth-order valence-corrected chi connectivity index (χ4v) is 3.31. The van der Waals surface area contributed by atoms with Crippen molar-refractivity contribution in [1.82, 2.24) is 0 Å². The third kappa shape index (κ3) is 13.9. The Balaban J connectivity index is 1.94. The molecule has 0 unspecified atom stereocenters. The number of ether oxygens (including phenoxy) is 2. The molecule has 0 aliphatic rings. The number of esters is 1. The van der Waals surface area contributed by atoms with Crippen LogP contribution >= 0.6 is 0 Å². The Morgan fingerprint density at radius 1 is 0.793 bits per heavy atom. The average Bonchev–Trinajstić information content (AvgIpc) is 2.71. The number of benzene rings is 1. The van der Waals surface area contributed by atoms with E-state index in [0.29, 0.717) is 17.9 Å². The Kier molecular flexibility index (Phi) is 14.9. The van der Waals surface area contributed by atoms with Crippen molar-refractivity contribution in [3.63, 3.8) is 0 Å². The van der Waals surface area contributed by atoms with Crippen molar-refractivity contribution in [2.24, 2.45) is 0 Å². The highest BCUT2D eigenvalue weighted by Crippen LogP contribution is 2.20. The zero-order chi connectivity index (χ0) is 21.2. The molecule has 0 fully saturated rings. The summed E-state index contributed by atoms with van der Waals surface area (Å²) in [7, 11) is 0. The minimum Gasteiger partial charge on any atom is -0.493 e. The van der Waals surface area contributed by atoms with Crippen LogP contribution in [0.15, 0.2) is 36.4 Å². The van der Waals surface area contributed by atoms with Gasteiger partial charge in [-0.15, -0.1) is 0 Å². The van der Waals surface area contributed by atoms with E-state index in [1.807, 2.05) is 12.1 Å². The molecule has 0 aromatic heterocycles. The van der Waals surface area contributed by atoms with Crippen molar-refractivity contribution < 1.29 is 14.3 Å². The van der Waals surface area contributed by atoms with Crippen LogP contribution in [0.1, 0.15) is 104 Å². The zero-order valence-corrected chi connectivity index (χ0v) is 18.8. The molecule has 1 aromatic rings. The lowest BCUT2D eigenvalue weighted by molar-refractivity contribution is -0.130. The molecule has 1 aromatic carbocycles. The second-order valence-corrected chi connectivity index (χ2v) is 8.09. The lowest BCUT2D eigenvalue weighted by atomic mass is 10.0. The molecule has 1 rings (SSSR count). The van der Waals surface area contributed by atoms with Crippen molar-refractivity contribution in [3.05, 3.63) is 36.4 Å². The molecule has 0 N–H and O–H groups in total. The summed E-state index contributed by atoms with van der Waals surface area (Å²) < 4.78 is 11.0. The molecular weight excluding hydrogens is 360 g/mol. The average molecular weight is 403 g/mol. The number of hydrogen-bond acceptors (Lipinski definition) is 3. The molecule has 0 aliphatic heterocycles. The van der Waals surface area contributed by atoms with Crippen LogP contribution < -0.4 is 9.47 Å². The van der Waals surface area contributed by atoms with Gasteiger partial charge in [0.15, 0.2) is 0 Å². The maximum atomic E-state index is 11.6. The van der Waals surface area contributed by atoms with Crippen molar-refractivity contribution in [2.75, 3.05) is 6.61 Å². The Morgan fingerprint density at radius 2 is 1.28 bits per heavy atom. The van der Waals surface area contributed by atoms with Crippen LogP contribution in [0.2, 0.25) is 0 Å². The Morgan fingerprint density at radius 3 is 1.79 bits per heavy atom. The molecule has 0 radical (unpaired) electrons. The van der Waals surface area contributed by atoms with Gasteiger partial charge >= 0.3 is 5.97 Å². The van der Waals surface area contributed by atoms with E-state index in [9.17, 15) is 4.79 Å². The molecule has 0 amide bonds. The summed E-state index contributed by atoms with van der Waals surface area (Å²) in [5.74, 6) is 0.831. The van der Waals surface area contributed by atoms with E-state index in [4.69, 9.17) is 9.47 Å². The largest absolute Gasteiger partial charge is 0.493 e. The number of hydrogen-bond donors (Lipinski definition) is 0. The lowest BCUT2D eigenvalue weighted by Crippen LogP contribution is -2.08. The maximum absolute atomic E-state index is 11.6. The quantitative estimate of drug-likeness (QED) is 0.108. The lowest BCUT2D eigenvalue weighted by Gasteiger charge is -2.08. The first-order valence-corrected chi connectivity index (χ1v) is 11.7. The van der Waals surface area contributed by atoms with E-state index in [0.717, 1.165) is 12.2 Å². The van der Waals surface area contributed by atoms with E-state index < -0.39 is 5.97 Å². The standard InChI is InChI=1S/C26H42O3/c1-4-5-6-7-8-9-10-11-12-13-14-15-16-17-21-28-24-19-18-20-25(22-24)29-26(27)23(2)3/h18-20,22H,2,4-17,21H2,1,3H3. The number of carbonyl (C=O) groups is 1. The van der Waals surface area contributed by atoms with Crippen molar-refractivity contribution >= 4 is 5.97 Å². The highest BCUT2D eigenvalue weighted by molar-refractivity contribution is 5.88. The van der Waals surface area contributed by atoms with Crippen LogP contribution in [0.4, 0.5) is 0 Å². The summed E-state index contributed by atoms with van der Waals surface area (Å²) in [6, 6.07) is 7.23. The molecule has 0 aliphatic carbocycles. The smallest absolute Gasteiger partial charge is 0.338 e. The third-order valence-corrected chi connectivity index (χ3v) is 5.13. The van der Waals surface area contributed by atoms with Gasteiger partial charge in [-0.2, -0.15) is 0 Å². The topological polar surface area (TPSA) is 35.5 Å². The minimum absolute atomic E-state index is 0.388. The minimum atomic E-state index is -0.408. The van der Waals surface area contributed by atoms with Crippen LogP contribution in [0, 0.1) is 0 Å². The van der Waals surface area contributed by atoms with Gasteiger partial charge in [-0.25, -0.2) is 4.79 Å². The fourth-order valence-electron chi connectivity index (χ4n) is 3.31. The van der Waals surface area contributed by atoms with E-state index in [1.54, 1.807) is 19.1 Å². The SMILES string of the molecule is C=C(C)C(=O)Oc1cccc(OCCCCCCCCCCCCCCCC)c1. The molecule has 3 nitrogen and oxygen atoms in total. The monoisotopic (exact) mass is 402 g/mol. The predicted octanol–water partition coefficient (Wildman–Crippen LogP) is 8.03. The molecule has 164 valence electrons. The van der Waals surface area contributed by atoms with E-state index in [2.05, 4.69) is 13.5 Å². The van der Waals surface area contributed by atoms with Gasteiger partial charge in [0.1, 0.15) is 11.5 Å². The molecule has 0 atom stereocenters. The molecule has 29 heavy (non-hydrogen) atoms. The highest BCUT2D eigenvalue weighted by Gasteiger charge is 2.06. The second-order valence-electron chi connectivity index (χ2n) is 8.09. The molecule has 3 heteroatoms. The van der Waals surface area contributed by atoms with Gasteiger partial charge in [0.25, 0.3) is 0 Å². The summed E-state index contributed by atoms with van der Waals surface area (Å²) in [6.45, 7) is 8.21. The normalized spacial score (nSPS) is 10.7. The molecule has 0 saturated heterocycles. The summed E-state index contributed by atoms with van der Waals surface area (Å²) >= 11 is 0. The Bertz CT molecular complexity index is 565. The van der Waals surface area contributed by atoms with Crippen molar-refractivity contribution in [3.8, 4) is 11.5 Å². The van der Waals surface area contributed by atoms with Crippen LogP contribution in [0.25, 0.3) is 0 Å². The van der Waals surface area contributed by atoms with Crippen LogP contribution in [-0.2, 0) is 4.79 Å². The maximum Gasteiger partial charge on any atom is 0.338 e. The number of carbonyl (C=O) groups excluding carboxylic acids is 1. The summed E-state index contributed by atoms with van der Waals surface area (Å²) in [5.41, 5.74) is 0.388. The van der Waals surface area contributed by atoms with Gasteiger partial charge in [-0.1, -0.05) is 103 Å². The molecular formula is C26H42O3. The van der Waals surface area contributed by atoms with Gasteiger partial charge in [-0.05, 0) is 25.5 Å². The summed E-state index contributed by atoms with van der Waals surface area (Å²) in [6.07, 6.45) is 18.9. The van der Waals surface area contributed by atoms with E-state index in [-0.39, 0.29) is 0 Å². The third-order valence-electron chi connectivity index (χ3n) is 5.13. The first kappa shape index (κ1) is 25.3. The van der Waals surface area contributed by atoms with Crippen molar-refractivity contribution in [1.29, 1.82) is 0 Å². The molecule has 0 saturated carbocycles.